The zero-order valence-corrected chi connectivity index (χ0v) is 14.4. The first-order valence-electron chi connectivity index (χ1n) is 9.30. The number of benzene rings is 4. The topological polar surface area (TPSA) is 0 Å². The molecule has 2 aliphatic carbocycles. The molecule has 0 aromatic heterocycles. The lowest BCUT2D eigenvalue weighted by molar-refractivity contribution is 1.02. The third kappa shape index (κ3) is 1.79. The van der Waals surface area contributed by atoms with Crippen LogP contribution in [0, 0.1) is 0 Å². The molecule has 6 rings (SSSR count). The van der Waals surface area contributed by atoms with Gasteiger partial charge in [0.05, 0.1) is 0 Å². The highest BCUT2D eigenvalue weighted by Crippen LogP contribution is 2.51. The summed E-state index contributed by atoms with van der Waals surface area (Å²) in [6.07, 6.45) is 1.05. The first-order chi connectivity index (χ1) is 12.9. The predicted molar refractivity (Wildman–Crippen MR) is 108 cm³/mol. The van der Waals surface area contributed by atoms with Crippen LogP contribution in [0.4, 0.5) is 0 Å². The minimum Gasteiger partial charge on any atom is -0.0619 e. The van der Waals surface area contributed by atoms with Crippen molar-refractivity contribution in [3.05, 3.63) is 119 Å². The third-order valence-corrected chi connectivity index (χ3v) is 6.00. The minimum atomic E-state index is 0.323. The van der Waals surface area contributed by atoms with E-state index in [1.807, 2.05) is 0 Å². The van der Waals surface area contributed by atoms with Crippen LogP contribution in [-0.4, -0.2) is 0 Å². The van der Waals surface area contributed by atoms with E-state index in [1.165, 1.54) is 50.1 Å². The van der Waals surface area contributed by atoms with Crippen LogP contribution in [0.5, 0.6) is 0 Å². The van der Waals surface area contributed by atoms with Crippen LogP contribution >= 0.6 is 0 Å². The highest BCUT2D eigenvalue weighted by Gasteiger charge is 2.33. The molecular weight excluding hydrogens is 312 g/mol. The van der Waals surface area contributed by atoms with Crippen molar-refractivity contribution in [2.75, 3.05) is 0 Å². The monoisotopic (exact) mass is 330 g/mol. The van der Waals surface area contributed by atoms with Gasteiger partial charge in [0.15, 0.2) is 0 Å². The highest BCUT2D eigenvalue weighted by atomic mass is 14.4. The number of rotatable bonds is 1. The molecule has 0 bridgehead atoms. The Bertz CT molecular complexity index is 1120. The van der Waals surface area contributed by atoms with Crippen molar-refractivity contribution in [2.24, 2.45) is 0 Å². The van der Waals surface area contributed by atoms with Crippen molar-refractivity contribution in [2.45, 2.75) is 12.3 Å². The van der Waals surface area contributed by atoms with Gasteiger partial charge >= 0.3 is 0 Å². The van der Waals surface area contributed by atoms with E-state index in [9.17, 15) is 0 Å². The Hall–Kier alpha value is -3.12. The van der Waals surface area contributed by atoms with Crippen molar-refractivity contribution < 1.29 is 0 Å². The smallest absolute Gasteiger partial charge is 0.0358 e. The summed E-state index contributed by atoms with van der Waals surface area (Å²) in [6.45, 7) is 0. The molecule has 4 aromatic carbocycles. The molecule has 0 aliphatic heterocycles. The predicted octanol–water partition coefficient (Wildman–Crippen LogP) is 6.42. The van der Waals surface area contributed by atoms with E-state index >= 15 is 0 Å². The molecule has 2 aliphatic rings. The molecule has 0 unspecified atom stereocenters. The van der Waals surface area contributed by atoms with Crippen molar-refractivity contribution in [1.82, 2.24) is 0 Å². The van der Waals surface area contributed by atoms with E-state index in [0.717, 1.165) is 6.42 Å². The Kier molecular flexibility index (Phi) is 2.81. The van der Waals surface area contributed by atoms with Gasteiger partial charge in [-0.05, 0) is 56.5 Å². The summed E-state index contributed by atoms with van der Waals surface area (Å²) in [4.78, 5) is 0. The highest BCUT2D eigenvalue weighted by molar-refractivity contribution is 5.86. The Morgan fingerprint density at radius 3 is 1.73 bits per heavy atom. The summed E-state index contributed by atoms with van der Waals surface area (Å²) in [5.41, 5.74) is 12.9. The SMILES string of the molecule is c1ccc2c(c1)Cc1cccc(C3c4ccccc4-c4ccccc43)c1-2. The molecule has 0 spiro atoms. The van der Waals surface area contributed by atoms with Crippen molar-refractivity contribution >= 4 is 0 Å². The molecule has 0 heteroatoms. The van der Waals surface area contributed by atoms with Crippen LogP contribution in [0.3, 0.4) is 0 Å². The fourth-order valence-corrected chi connectivity index (χ4v) is 4.95. The van der Waals surface area contributed by atoms with Gasteiger partial charge in [0.1, 0.15) is 0 Å². The second-order valence-corrected chi connectivity index (χ2v) is 7.32. The summed E-state index contributed by atoms with van der Waals surface area (Å²) in [6, 6.07) is 33.6. The lowest BCUT2D eigenvalue weighted by Crippen LogP contribution is -2.02. The molecule has 122 valence electrons. The molecule has 0 amide bonds. The Labute approximate surface area is 153 Å². The van der Waals surface area contributed by atoms with Gasteiger partial charge in [0.25, 0.3) is 0 Å². The lowest BCUT2D eigenvalue weighted by Gasteiger charge is -2.19. The Morgan fingerprint density at radius 1 is 0.462 bits per heavy atom. The molecule has 0 heterocycles. The fraction of sp³-hybridized carbons (Fsp3) is 0.0769. The number of hydrogen-bond acceptors (Lipinski definition) is 0. The molecule has 26 heavy (non-hydrogen) atoms. The first-order valence-corrected chi connectivity index (χ1v) is 9.30. The van der Waals surface area contributed by atoms with Crippen molar-refractivity contribution in [1.29, 1.82) is 0 Å². The largest absolute Gasteiger partial charge is 0.0619 e. The zero-order chi connectivity index (χ0) is 17.1. The second kappa shape index (κ2) is 5.19. The first kappa shape index (κ1) is 14.1. The van der Waals surface area contributed by atoms with Crippen molar-refractivity contribution in [3.8, 4) is 22.3 Å². The number of fused-ring (bicyclic) bond motifs is 6. The minimum absolute atomic E-state index is 0.323. The van der Waals surface area contributed by atoms with Gasteiger partial charge in [-0.2, -0.15) is 0 Å². The summed E-state index contributed by atoms with van der Waals surface area (Å²) >= 11 is 0. The molecule has 0 nitrogen and oxygen atoms in total. The standard InChI is InChI=1S/C26H18/c1-2-10-19-17(8-1)16-18-9-7-15-24(25(18)19)26-22-13-5-3-11-20(22)21-12-4-6-14-23(21)26/h1-15,26H,16H2. The molecule has 0 N–H and O–H groups in total. The molecule has 0 saturated carbocycles. The third-order valence-electron chi connectivity index (χ3n) is 6.00. The Balaban J connectivity index is 1.67. The van der Waals surface area contributed by atoms with Crippen LogP contribution in [0.2, 0.25) is 0 Å². The average molecular weight is 330 g/mol. The van der Waals surface area contributed by atoms with Gasteiger partial charge in [-0.1, -0.05) is 91.0 Å². The van der Waals surface area contributed by atoms with E-state index in [0.29, 0.717) is 5.92 Å². The van der Waals surface area contributed by atoms with Crippen LogP contribution in [0.25, 0.3) is 22.3 Å². The maximum atomic E-state index is 2.34. The van der Waals surface area contributed by atoms with Crippen LogP contribution in [0.1, 0.15) is 33.7 Å². The summed E-state index contributed by atoms with van der Waals surface area (Å²) in [5.74, 6) is 0.323. The molecule has 4 aromatic rings. The van der Waals surface area contributed by atoms with Gasteiger partial charge < -0.3 is 0 Å². The fourth-order valence-electron chi connectivity index (χ4n) is 4.95. The lowest BCUT2D eigenvalue weighted by atomic mass is 9.84. The van der Waals surface area contributed by atoms with E-state index in [1.54, 1.807) is 0 Å². The van der Waals surface area contributed by atoms with E-state index in [4.69, 9.17) is 0 Å². The maximum Gasteiger partial charge on any atom is 0.0358 e. The van der Waals surface area contributed by atoms with Crippen LogP contribution in [0.15, 0.2) is 91.0 Å². The van der Waals surface area contributed by atoms with Gasteiger partial charge in [-0.3, -0.25) is 0 Å². The normalized spacial score (nSPS) is 13.8. The van der Waals surface area contributed by atoms with E-state index in [2.05, 4.69) is 91.0 Å². The summed E-state index contributed by atoms with van der Waals surface area (Å²) in [5, 5.41) is 0. The van der Waals surface area contributed by atoms with Gasteiger partial charge in [0.2, 0.25) is 0 Å². The summed E-state index contributed by atoms with van der Waals surface area (Å²) in [7, 11) is 0. The van der Waals surface area contributed by atoms with Gasteiger partial charge in [-0.25, -0.2) is 0 Å². The molecular formula is C26H18. The van der Waals surface area contributed by atoms with Gasteiger partial charge in [-0.15, -0.1) is 0 Å². The van der Waals surface area contributed by atoms with Crippen molar-refractivity contribution in [3.63, 3.8) is 0 Å². The van der Waals surface area contributed by atoms with Gasteiger partial charge in [0, 0.05) is 5.92 Å². The summed E-state index contributed by atoms with van der Waals surface area (Å²) < 4.78 is 0. The molecule has 0 saturated heterocycles. The second-order valence-electron chi connectivity index (χ2n) is 7.32. The molecule has 0 atom stereocenters. The van der Waals surface area contributed by atoms with Crippen LogP contribution < -0.4 is 0 Å². The van der Waals surface area contributed by atoms with E-state index in [-0.39, 0.29) is 0 Å². The van der Waals surface area contributed by atoms with Crippen LogP contribution in [-0.2, 0) is 6.42 Å². The molecule has 0 fully saturated rings. The Morgan fingerprint density at radius 2 is 1.00 bits per heavy atom. The average Bonchev–Trinajstić information content (AvgIpc) is 3.24. The number of hydrogen-bond donors (Lipinski definition) is 0. The maximum absolute atomic E-state index is 2.34. The quantitative estimate of drug-likeness (QED) is 0.326. The van der Waals surface area contributed by atoms with E-state index < -0.39 is 0 Å². The zero-order valence-electron chi connectivity index (χ0n) is 14.4. The molecule has 0 radical (unpaired) electrons.